The molecule has 0 bridgehead atoms. The summed E-state index contributed by atoms with van der Waals surface area (Å²) in [6.07, 6.45) is 0.137. The van der Waals surface area contributed by atoms with Crippen LogP contribution in [0.4, 0.5) is 4.79 Å². The lowest BCUT2D eigenvalue weighted by Gasteiger charge is -2.43. The van der Waals surface area contributed by atoms with E-state index in [9.17, 15) is 9.59 Å². The van der Waals surface area contributed by atoms with Gasteiger partial charge in [-0.25, -0.2) is 9.59 Å². The van der Waals surface area contributed by atoms with E-state index in [1.54, 1.807) is 27.7 Å². The van der Waals surface area contributed by atoms with Gasteiger partial charge in [0.25, 0.3) is 0 Å². The van der Waals surface area contributed by atoms with Crippen LogP contribution >= 0.6 is 0 Å². The number of nitrogens with one attached hydrogen (secondary N) is 1. The van der Waals surface area contributed by atoms with Crippen LogP contribution in [0.1, 0.15) is 40.5 Å². The first-order valence-electron chi connectivity index (χ1n) is 6.12. The van der Waals surface area contributed by atoms with E-state index in [1.807, 2.05) is 0 Å². The fourth-order valence-electron chi connectivity index (χ4n) is 1.92. The third-order valence-electron chi connectivity index (χ3n) is 2.63. The van der Waals surface area contributed by atoms with Crippen molar-refractivity contribution in [2.45, 2.75) is 57.7 Å². The monoisotopic (exact) mass is 258 g/mol. The first-order chi connectivity index (χ1) is 8.18. The topological polar surface area (TPSA) is 90.6 Å². The van der Waals surface area contributed by atoms with Gasteiger partial charge in [-0.1, -0.05) is 0 Å². The molecule has 1 aliphatic carbocycles. The number of rotatable bonds is 3. The Morgan fingerprint density at radius 2 is 1.94 bits per heavy atom. The Labute approximate surface area is 107 Å². The third-order valence-corrected chi connectivity index (χ3v) is 2.63. The summed E-state index contributed by atoms with van der Waals surface area (Å²) >= 11 is 0. The summed E-state index contributed by atoms with van der Waals surface area (Å²) in [5, 5.41) is 2.59. The van der Waals surface area contributed by atoms with E-state index in [4.69, 9.17) is 15.2 Å². The number of carbonyl (C=O) groups excluding carboxylic acids is 2. The van der Waals surface area contributed by atoms with Crippen LogP contribution in [0, 0.1) is 0 Å². The number of carbonyl (C=O) groups is 2. The number of hydrogen-bond donors (Lipinski definition) is 2. The summed E-state index contributed by atoms with van der Waals surface area (Å²) in [4.78, 5) is 23.5. The van der Waals surface area contributed by atoms with Gasteiger partial charge in [0.05, 0.1) is 6.61 Å². The molecule has 1 fully saturated rings. The quantitative estimate of drug-likeness (QED) is 0.735. The summed E-state index contributed by atoms with van der Waals surface area (Å²) in [6, 6.07) is -0.0932. The predicted octanol–water partition coefficient (Wildman–Crippen LogP) is 0.934. The fourth-order valence-corrected chi connectivity index (χ4v) is 1.92. The summed E-state index contributed by atoms with van der Waals surface area (Å²) in [7, 11) is 0. The minimum atomic E-state index is -1.02. The molecule has 1 aliphatic rings. The van der Waals surface area contributed by atoms with Crippen LogP contribution in [-0.4, -0.2) is 35.9 Å². The van der Waals surface area contributed by atoms with Crippen molar-refractivity contribution in [2.75, 3.05) is 6.61 Å². The Hall–Kier alpha value is -1.30. The molecule has 0 radical (unpaired) electrons. The van der Waals surface area contributed by atoms with Gasteiger partial charge in [0, 0.05) is 6.04 Å². The lowest BCUT2D eigenvalue weighted by molar-refractivity contribution is -0.155. The molecule has 3 N–H and O–H groups in total. The Balaban J connectivity index is 2.64. The number of esters is 1. The number of hydrogen-bond acceptors (Lipinski definition) is 5. The molecule has 0 aromatic heterocycles. The maximum atomic E-state index is 11.8. The molecule has 0 heterocycles. The highest BCUT2D eigenvalue weighted by atomic mass is 16.6. The zero-order valence-corrected chi connectivity index (χ0v) is 11.4. The van der Waals surface area contributed by atoms with Crippen molar-refractivity contribution in [3.8, 4) is 0 Å². The van der Waals surface area contributed by atoms with Crippen LogP contribution in [0.25, 0.3) is 0 Å². The molecule has 6 nitrogen and oxygen atoms in total. The molecule has 1 rings (SSSR count). The van der Waals surface area contributed by atoms with Crippen LogP contribution in [0.5, 0.6) is 0 Å². The minimum Gasteiger partial charge on any atom is -0.464 e. The van der Waals surface area contributed by atoms with Gasteiger partial charge in [0.15, 0.2) is 0 Å². The molecule has 0 aliphatic heterocycles. The SMILES string of the molecule is CCOC(=O)C1(NC(=O)OC(C)(C)C)CC(N)C1. The van der Waals surface area contributed by atoms with E-state index >= 15 is 0 Å². The summed E-state index contributed by atoms with van der Waals surface area (Å²) < 4.78 is 10.1. The molecular weight excluding hydrogens is 236 g/mol. The standard InChI is InChI=1S/C12H22N2O4/c1-5-17-9(15)12(6-8(13)7-12)14-10(16)18-11(2,3)4/h8H,5-7,13H2,1-4H3,(H,14,16). The molecule has 0 atom stereocenters. The molecule has 0 spiro atoms. The lowest BCUT2D eigenvalue weighted by atomic mass is 9.73. The highest BCUT2D eigenvalue weighted by molar-refractivity contribution is 5.87. The van der Waals surface area contributed by atoms with Gasteiger partial charge in [0.2, 0.25) is 0 Å². The van der Waals surface area contributed by atoms with E-state index in [1.165, 1.54) is 0 Å². The van der Waals surface area contributed by atoms with Crippen molar-refractivity contribution in [1.82, 2.24) is 5.32 Å². The van der Waals surface area contributed by atoms with Crippen LogP contribution in [0.15, 0.2) is 0 Å². The summed E-state index contributed by atoms with van der Waals surface area (Å²) in [6.45, 7) is 7.27. The van der Waals surface area contributed by atoms with Gasteiger partial charge in [-0.15, -0.1) is 0 Å². The normalized spacial score (nSPS) is 27.1. The molecule has 18 heavy (non-hydrogen) atoms. The van der Waals surface area contributed by atoms with E-state index in [0.717, 1.165) is 0 Å². The van der Waals surface area contributed by atoms with E-state index < -0.39 is 23.2 Å². The number of amides is 1. The maximum absolute atomic E-state index is 11.8. The number of ether oxygens (including phenoxy) is 2. The van der Waals surface area contributed by atoms with E-state index in [2.05, 4.69) is 5.32 Å². The highest BCUT2D eigenvalue weighted by Gasteiger charge is 2.52. The molecule has 104 valence electrons. The smallest absolute Gasteiger partial charge is 0.408 e. The van der Waals surface area contributed by atoms with Crippen molar-refractivity contribution >= 4 is 12.1 Å². The second-order valence-corrected chi connectivity index (χ2v) is 5.60. The zero-order chi connectivity index (χ0) is 14.0. The zero-order valence-electron chi connectivity index (χ0n) is 11.4. The van der Waals surface area contributed by atoms with E-state index in [-0.39, 0.29) is 12.6 Å². The van der Waals surface area contributed by atoms with Crippen LogP contribution < -0.4 is 11.1 Å². The number of nitrogens with two attached hydrogens (primary N) is 1. The Bertz CT molecular complexity index is 329. The van der Waals surface area contributed by atoms with Crippen LogP contribution in [0.2, 0.25) is 0 Å². The highest BCUT2D eigenvalue weighted by Crippen LogP contribution is 2.32. The average Bonchev–Trinajstić information content (AvgIpc) is 2.11. The Kier molecular flexibility index (Phi) is 4.21. The van der Waals surface area contributed by atoms with Crippen molar-refractivity contribution in [3.05, 3.63) is 0 Å². The third kappa shape index (κ3) is 3.60. The van der Waals surface area contributed by atoms with Gasteiger partial charge < -0.3 is 20.5 Å². The summed E-state index contributed by atoms with van der Waals surface area (Å²) in [5.74, 6) is -0.447. The minimum absolute atomic E-state index is 0.0932. The van der Waals surface area contributed by atoms with Crippen molar-refractivity contribution in [1.29, 1.82) is 0 Å². The fraction of sp³-hybridized carbons (Fsp3) is 0.833. The molecule has 0 aromatic carbocycles. The van der Waals surface area contributed by atoms with Crippen molar-refractivity contribution in [2.24, 2.45) is 5.73 Å². The largest absolute Gasteiger partial charge is 0.464 e. The van der Waals surface area contributed by atoms with Crippen LogP contribution in [-0.2, 0) is 14.3 Å². The second kappa shape index (κ2) is 5.14. The lowest BCUT2D eigenvalue weighted by Crippen LogP contribution is -2.67. The van der Waals surface area contributed by atoms with Crippen LogP contribution in [0.3, 0.4) is 0 Å². The molecule has 0 unspecified atom stereocenters. The van der Waals surface area contributed by atoms with Gasteiger partial charge in [-0.3, -0.25) is 0 Å². The molecule has 0 saturated heterocycles. The average molecular weight is 258 g/mol. The second-order valence-electron chi connectivity index (χ2n) is 5.60. The molecular formula is C12H22N2O4. The first kappa shape index (κ1) is 14.8. The van der Waals surface area contributed by atoms with Gasteiger partial charge in [-0.2, -0.15) is 0 Å². The Morgan fingerprint density at radius 3 is 2.33 bits per heavy atom. The summed E-state index contributed by atoms with van der Waals surface area (Å²) in [5.41, 5.74) is 4.07. The van der Waals surface area contributed by atoms with Gasteiger partial charge in [0.1, 0.15) is 11.1 Å². The first-order valence-corrected chi connectivity index (χ1v) is 6.12. The molecule has 1 saturated carbocycles. The van der Waals surface area contributed by atoms with Gasteiger partial charge in [-0.05, 0) is 40.5 Å². The van der Waals surface area contributed by atoms with E-state index in [0.29, 0.717) is 12.8 Å². The van der Waals surface area contributed by atoms with Crippen molar-refractivity contribution in [3.63, 3.8) is 0 Å². The molecule has 6 heteroatoms. The number of alkyl carbamates (subject to hydrolysis) is 1. The molecule has 0 aromatic rings. The maximum Gasteiger partial charge on any atom is 0.408 e. The van der Waals surface area contributed by atoms with Gasteiger partial charge >= 0.3 is 12.1 Å². The van der Waals surface area contributed by atoms with Crippen molar-refractivity contribution < 1.29 is 19.1 Å². The molecule has 1 amide bonds. The Morgan fingerprint density at radius 1 is 1.39 bits per heavy atom. The predicted molar refractivity (Wildman–Crippen MR) is 65.9 cm³/mol.